The van der Waals surface area contributed by atoms with Crippen molar-refractivity contribution in [3.05, 3.63) is 60.3 Å². The van der Waals surface area contributed by atoms with E-state index in [0.29, 0.717) is 5.56 Å². The standard InChI is InChI=1S/C17H17N3O/c1-20(2)15-9-4-3-8-14(15)19-17(21)13-7-5-6-12-10-11-18-16(12)13/h3-11,18H,1-2H3,(H,19,21). The molecule has 0 fully saturated rings. The van der Waals surface area contributed by atoms with Crippen LogP contribution >= 0.6 is 0 Å². The molecule has 2 N–H and O–H groups in total. The Bertz CT molecular complexity index is 789. The maximum atomic E-state index is 12.6. The lowest BCUT2D eigenvalue weighted by Gasteiger charge is -2.17. The van der Waals surface area contributed by atoms with E-state index in [-0.39, 0.29) is 5.91 Å². The zero-order valence-electron chi connectivity index (χ0n) is 12.1. The second-order valence-electron chi connectivity index (χ2n) is 5.11. The highest BCUT2D eigenvalue weighted by atomic mass is 16.1. The van der Waals surface area contributed by atoms with E-state index in [9.17, 15) is 4.79 Å². The number of aromatic nitrogens is 1. The fourth-order valence-corrected chi connectivity index (χ4v) is 2.43. The second-order valence-corrected chi connectivity index (χ2v) is 5.11. The molecule has 0 aliphatic carbocycles. The maximum absolute atomic E-state index is 12.6. The number of benzene rings is 2. The number of fused-ring (bicyclic) bond motifs is 1. The van der Waals surface area contributed by atoms with Crippen LogP contribution in [-0.4, -0.2) is 25.0 Å². The molecule has 1 heterocycles. The van der Waals surface area contributed by atoms with Crippen molar-refractivity contribution in [2.75, 3.05) is 24.3 Å². The van der Waals surface area contributed by atoms with Crippen LogP contribution in [-0.2, 0) is 0 Å². The molecule has 0 bridgehead atoms. The predicted molar refractivity (Wildman–Crippen MR) is 87.0 cm³/mol. The lowest BCUT2D eigenvalue weighted by Crippen LogP contribution is -2.16. The maximum Gasteiger partial charge on any atom is 0.257 e. The molecular weight excluding hydrogens is 262 g/mol. The molecule has 3 rings (SSSR count). The number of carbonyl (C=O) groups excluding carboxylic acids is 1. The molecule has 0 unspecified atom stereocenters. The van der Waals surface area contributed by atoms with Crippen molar-refractivity contribution in [2.24, 2.45) is 0 Å². The van der Waals surface area contributed by atoms with Gasteiger partial charge in [0.05, 0.1) is 22.5 Å². The number of nitrogens with zero attached hydrogens (tertiary/aromatic N) is 1. The quantitative estimate of drug-likeness (QED) is 0.771. The van der Waals surface area contributed by atoms with Gasteiger partial charge in [-0.05, 0) is 24.3 Å². The van der Waals surface area contributed by atoms with E-state index in [1.54, 1.807) is 0 Å². The van der Waals surface area contributed by atoms with Crippen LogP contribution < -0.4 is 10.2 Å². The Morgan fingerprint density at radius 1 is 1.05 bits per heavy atom. The number of anilines is 2. The Balaban J connectivity index is 1.96. The smallest absolute Gasteiger partial charge is 0.257 e. The Kier molecular flexibility index (Phi) is 3.36. The molecular formula is C17H17N3O. The van der Waals surface area contributed by atoms with Crippen LogP contribution in [0.3, 0.4) is 0 Å². The second kappa shape index (κ2) is 5.32. The molecule has 4 heteroatoms. The monoisotopic (exact) mass is 279 g/mol. The highest BCUT2D eigenvalue weighted by Crippen LogP contribution is 2.25. The first-order valence-corrected chi connectivity index (χ1v) is 6.80. The zero-order valence-corrected chi connectivity index (χ0v) is 12.1. The van der Waals surface area contributed by atoms with Gasteiger partial charge < -0.3 is 15.2 Å². The topological polar surface area (TPSA) is 48.1 Å². The molecule has 1 aromatic heterocycles. The van der Waals surface area contributed by atoms with Crippen LogP contribution in [0.15, 0.2) is 54.7 Å². The van der Waals surface area contributed by atoms with E-state index < -0.39 is 0 Å². The van der Waals surface area contributed by atoms with E-state index in [2.05, 4.69) is 10.3 Å². The summed E-state index contributed by atoms with van der Waals surface area (Å²) >= 11 is 0. The molecule has 0 spiro atoms. The predicted octanol–water partition coefficient (Wildman–Crippen LogP) is 3.49. The molecule has 21 heavy (non-hydrogen) atoms. The number of para-hydroxylation sites is 3. The summed E-state index contributed by atoms with van der Waals surface area (Å²) in [5.74, 6) is -0.114. The molecule has 2 aromatic carbocycles. The third-order valence-electron chi connectivity index (χ3n) is 3.47. The molecule has 0 saturated heterocycles. The van der Waals surface area contributed by atoms with Gasteiger partial charge in [0.25, 0.3) is 5.91 Å². The van der Waals surface area contributed by atoms with Gasteiger partial charge in [-0.15, -0.1) is 0 Å². The van der Waals surface area contributed by atoms with Crippen molar-refractivity contribution in [3.63, 3.8) is 0 Å². The van der Waals surface area contributed by atoms with Crippen molar-refractivity contribution < 1.29 is 4.79 Å². The minimum Gasteiger partial charge on any atom is -0.376 e. The van der Waals surface area contributed by atoms with Crippen molar-refractivity contribution in [2.45, 2.75) is 0 Å². The van der Waals surface area contributed by atoms with Crippen LogP contribution in [0.25, 0.3) is 10.9 Å². The van der Waals surface area contributed by atoms with Gasteiger partial charge in [0, 0.05) is 25.7 Å². The van der Waals surface area contributed by atoms with Gasteiger partial charge >= 0.3 is 0 Å². The number of nitrogens with one attached hydrogen (secondary N) is 2. The van der Waals surface area contributed by atoms with Crippen molar-refractivity contribution in [1.82, 2.24) is 4.98 Å². The summed E-state index contributed by atoms with van der Waals surface area (Å²) in [7, 11) is 3.91. The lowest BCUT2D eigenvalue weighted by atomic mass is 10.1. The summed E-state index contributed by atoms with van der Waals surface area (Å²) in [5, 5.41) is 4.02. The molecule has 0 aliphatic rings. The summed E-state index contributed by atoms with van der Waals surface area (Å²) in [4.78, 5) is 17.6. The van der Waals surface area contributed by atoms with Crippen molar-refractivity contribution in [1.29, 1.82) is 0 Å². The highest BCUT2D eigenvalue weighted by Gasteiger charge is 2.13. The van der Waals surface area contributed by atoms with Gasteiger partial charge in [0.15, 0.2) is 0 Å². The van der Waals surface area contributed by atoms with Gasteiger partial charge in [-0.1, -0.05) is 24.3 Å². The molecule has 4 nitrogen and oxygen atoms in total. The molecule has 0 aliphatic heterocycles. The normalized spacial score (nSPS) is 10.6. The number of hydrogen-bond donors (Lipinski definition) is 2. The third-order valence-corrected chi connectivity index (χ3v) is 3.47. The summed E-state index contributed by atoms with van der Waals surface area (Å²) in [6, 6.07) is 15.4. The number of H-pyrrole nitrogens is 1. The first-order chi connectivity index (χ1) is 10.2. The fraction of sp³-hybridized carbons (Fsp3) is 0.118. The van der Waals surface area contributed by atoms with E-state index in [4.69, 9.17) is 0 Å². The number of amides is 1. The summed E-state index contributed by atoms with van der Waals surface area (Å²) < 4.78 is 0. The fourth-order valence-electron chi connectivity index (χ4n) is 2.43. The average Bonchev–Trinajstić information content (AvgIpc) is 2.95. The largest absolute Gasteiger partial charge is 0.376 e. The Morgan fingerprint density at radius 3 is 2.67 bits per heavy atom. The number of rotatable bonds is 3. The van der Waals surface area contributed by atoms with Crippen LogP contribution in [0.5, 0.6) is 0 Å². The van der Waals surface area contributed by atoms with Gasteiger partial charge in [0.1, 0.15) is 0 Å². The van der Waals surface area contributed by atoms with Crippen molar-refractivity contribution in [3.8, 4) is 0 Å². The summed E-state index contributed by atoms with van der Waals surface area (Å²) in [6.07, 6.45) is 1.84. The first kappa shape index (κ1) is 13.2. The Hall–Kier alpha value is -2.75. The molecule has 3 aromatic rings. The van der Waals surface area contributed by atoms with E-state index in [1.807, 2.05) is 73.7 Å². The van der Waals surface area contributed by atoms with E-state index in [0.717, 1.165) is 22.3 Å². The van der Waals surface area contributed by atoms with Gasteiger partial charge in [0.2, 0.25) is 0 Å². The number of aromatic amines is 1. The minimum atomic E-state index is -0.114. The average molecular weight is 279 g/mol. The third kappa shape index (κ3) is 2.48. The Labute approximate surface area is 123 Å². The lowest BCUT2D eigenvalue weighted by molar-refractivity contribution is 0.102. The summed E-state index contributed by atoms with van der Waals surface area (Å²) in [6.45, 7) is 0. The summed E-state index contributed by atoms with van der Waals surface area (Å²) in [5.41, 5.74) is 3.28. The van der Waals surface area contributed by atoms with Crippen LogP contribution in [0, 0.1) is 0 Å². The van der Waals surface area contributed by atoms with E-state index in [1.165, 1.54) is 0 Å². The highest BCUT2D eigenvalue weighted by molar-refractivity contribution is 6.12. The number of hydrogen-bond acceptors (Lipinski definition) is 2. The van der Waals surface area contributed by atoms with Gasteiger partial charge in [-0.25, -0.2) is 0 Å². The van der Waals surface area contributed by atoms with E-state index >= 15 is 0 Å². The molecule has 0 saturated carbocycles. The molecule has 1 amide bonds. The minimum absolute atomic E-state index is 0.114. The number of carbonyl (C=O) groups is 1. The molecule has 106 valence electrons. The van der Waals surface area contributed by atoms with Crippen LogP contribution in [0.1, 0.15) is 10.4 Å². The van der Waals surface area contributed by atoms with Gasteiger partial charge in [-0.3, -0.25) is 4.79 Å². The molecule has 0 radical (unpaired) electrons. The molecule has 0 atom stereocenters. The SMILES string of the molecule is CN(C)c1ccccc1NC(=O)c1cccc2cc[nH]c12. The van der Waals surface area contributed by atoms with Crippen LogP contribution in [0.4, 0.5) is 11.4 Å². The first-order valence-electron chi connectivity index (χ1n) is 6.80. The van der Waals surface area contributed by atoms with Crippen LogP contribution in [0.2, 0.25) is 0 Å². The van der Waals surface area contributed by atoms with Crippen molar-refractivity contribution >= 4 is 28.2 Å². The zero-order chi connectivity index (χ0) is 14.8. The van der Waals surface area contributed by atoms with Gasteiger partial charge in [-0.2, -0.15) is 0 Å². The Morgan fingerprint density at radius 2 is 1.86 bits per heavy atom.